The summed E-state index contributed by atoms with van der Waals surface area (Å²) in [5.74, 6) is -0.525. The molecule has 0 aromatic carbocycles. The largest absolute Gasteiger partial charge is 0.462 e. The van der Waals surface area contributed by atoms with Crippen molar-refractivity contribution in [1.29, 1.82) is 0 Å². The average Bonchev–Trinajstić information content (AvgIpc) is 2.75. The summed E-state index contributed by atoms with van der Waals surface area (Å²) in [7, 11) is 0. The minimum absolute atomic E-state index is 0.110. The third-order valence-electron chi connectivity index (χ3n) is 2.79. The first kappa shape index (κ1) is 12.3. The Morgan fingerprint density at radius 3 is 2.78 bits per heavy atom. The number of rotatable bonds is 3. The zero-order chi connectivity index (χ0) is 13.3. The molecule has 0 aliphatic heterocycles. The van der Waals surface area contributed by atoms with Gasteiger partial charge in [0, 0.05) is 6.92 Å². The van der Waals surface area contributed by atoms with Gasteiger partial charge in [-0.15, -0.1) is 0 Å². The summed E-state index contributed by atoms with van der Waals surface area (Å²) in [4.78, 5) is 27.5. The summed E-state index contributed by atoms with van der Waals surface area (Å²) < 4.78 is 6.67. The van der Waals surface area contributed by atoms with E-state index in [0.29, 0.717) is 28.9 Å². The molecule has 0 bridgehead atoms. The lowest BCUT2D eigenvalue weighted by atomic mass is 10.0. The molecule has 18 heavy (non-hydrogen) atoms. The van der Waals surface area contributed by atoms with Gasteiger partial charge < -0.3 is 4.74 Å². The van der Waals surface area contributed by atoms with Crippen LogP contribution in [0.25, 0.3) is 5.52 Å². The molecule has 0 saturated heterocycles. The van der Waals surface area contributed by atoms with Crippen LogP contribution in [0, 0.1) is 6.92 Å². The molecule has 94 valence electrons. The molecule has 0 aliphatic carbocycles. The normalized spacial score (nSPS) is 10.6. The molecule has 0 radical (unpaired) electrons. The van der Waals surface area contributed by atoms with Crippen molar-refractivity contribution < 1.29 is 14.3 Å². The highest BCUT2D eigenvalue weighted by Crippen LogP contribution is 2.19. The standard InChI is InChI=1S/C13H14N2O3/c1-4-18-13(17)11-5-10-6-14-7-15(10)12(8(11)2)9(3)16/h5-7H,4H2,1-3H3. The molecule has 2 rings (SSSR count). The summed E-state index contributed by atoms with van der Waals surface area (Å²) in [6.45, 7) is 5.26. The number of esters is 1. The number of aromatic nitrogens is 2. The van der Waals surface area contributed by atoms with Crippen molar-refractivity contribution in [3.63, 3.8) is 0 Å². The van der Waals surface area contributed by atoms with Gasteiger partial charge in [0.05, 0.1) is 35.9 Å². The van der Waals surface area contributed by atoms with Crippen LogP contribution in [-0.4, -0.2) is 27.7 Å². The molecule has 5 nitrogen and oxygen atoms in total. The number of hydrogen-bond donors (Lipinski definition) is 0. The molecule has 0 amide bonds. The second kappa shape index (κ2) is 4.60. The van der Waals surface area contributed by atoms with E-state index in [0.717, 1.165) is 0 Å². The maximum absolute atomic E-state index is 11.8. The number of carbonyl (C=O) groups excluding carboxylic acids is 2. The van der Waals surface area contributed by atoms with E-state index in [2.05, 4.69) is 4.98 Å². The zero-order valence-corrected chi connectivity index (χ0v) is 10.6. The van der Waals surface area contributed by atoms with Gasteiger partial charge in [0.2, 0.25) is 0 Å². The van der Waals surface area contributed by atoms with E-state index in [9.17, 15) is 9.59 Å². The smallest absolute Gasteiger partial charge is 0.338 e. The SMILES string of the molecule is CCOC(=O)c1cc2cncn2c(C(C)=O)c1C. The molecule has 2 heterocycles. The number of fused-ring (bicyclic) bond motifs is 1. The fourth-order valence-corrected chi connectivity index (χ4v) is 2.02. The third kappa shape index (κ3) is 1.88. The summed E-state index contributed by atoms with van der Waals surface area (Å²) in [5, 5.41) is 0. The molecule has 0 atom stereocenters. The molecule has 0 N–H and O–H groups in total. The number of nitrogens with zero attached hydrogens (tertiary/aromatic N) is 2. The first-order valence-electron chi connectivity index (χ1n) is 5.70. The lowest BCUT2D eigenvalue weighted by Crippen LogP contribution is -2.13. The molecule has 5 heteroatoms. The monoisotopic (exact) mass is 246 g/mol. The quantitative estimate of drug-likeness (QED) is 0.614. The van der Waals surface area contributed by atoms with Crippen LogP contribution in [-0.2, 0) is 4.74 Å². The van der Waals surface area contributed by atoms with Gasteiger partial charge in [-0.05, 0) is 25.5 Å². The molecular formula is C13H14N2O3. The van der Waals surface area contributed by atoms with Gasteiger partial charge in [-0.2, -0.15) is 0 Å². The maximum Gasteiger partial charge on any atom is 0.338 e. The van der Waals surface area contributed by atoms with Crippen LogP contribution in [0.4, 0.5) is 0 Å². The topological polar surface area (TPSA) is 60.7 Å². The molecule has 0 fully saturated rings. The van der Waals surface area contributed by atoms with Crippen LogP contribution in [0.1, 0.15) is 40.3 Å². The highest BCUT2D eigenvalue weighted by atomic mass is 16.5. The van der Waals surface area contributed by atoms with Gasteiger partial charge in [-0.3, -0.25) is 9.20 Å². The molecule has 2 aromatic heterocycles. The Hall–Kier alpha value is -2.17. The summed E-state index contributed by atoms with van der Waals surface area (Å²) >= 11 is 0. The molecular weight excluding hydrogens is 232 g/mol. The number of imidazole rings is 1. The van der Waals surface area contributed by atoms with Crippen LogP contribution in [0.5, 0.6) is 0 Å². The van der Waals surface area contributed by atoms with E-state index < -0.39 is 5.97 Å². The van der Waals surface area contributed by atoms with Crippen molar-refractivity contribution in [3.8, 4) is 0 Å². The minimum atomic E-state index is -0.416. The van der Waals surface area contributed by atoms with Crippen molar-refractivity contribution in [2.45, 2.75) is 20.8 Å². The second-order valence-electron chi connectivity index (χ2n) is 4.00. The summed E-state index contributed by atoms with van der Waals surface area (Å²) in [6.07, 6.45) is 3.17. The Kier molecular flexibility index (Phi) is 3.14. The van der Waals surface area contributed by atoms with Gasteiger partial charge in [0.1, 0.15) is 0 Å². The lowest BCUT2D eigenvalue weighted by molar-refractivity contribution is 0.0525. The van der Waals surface area contributed by atoms with Gasteiger partial charge in [0.25, 0.3) is 0 Å². The highest BCUT2D eigenvalue weighted by molar-refractivity contribution is 6.00. The fourth-order valence-electron chi connectivity index (χ4n) is 2.02. The molecule has 0 unspecified atom stereocenters. The Bertz CT molecular complexity index is 628. The zero-order valence-electron chi connectivity index (χ0n) is 10.6. The lowest BCUT2D eigenvalue weighted by Gasteiger charge is -2.11. The van der Waals surface area contributed by atoms with Crippen LogP contribution in [0.15, 0.2) is 18.6 Å². The second-order valence-corrected chi connectivity index (χ2v) is 4.00. The molecule has 2 aromatic rings. The van der Waals surface area contributed by atoms with E-state index in [4.69, 9.17) is 4.74 Å². The third-order valence-corrected chi connectivity index (χ3v) is 2.79. The van der Waals surface area contributed by atoms with Crippen LogP contribution >= 0.6 is 0 Å². The Labute approximate surface area is 104 Å². The fraction of sp³-hybridized carbons (Fsp3) is 0.308. The predicted molar refractivity (Wildman–Crippen MR) is 65.9 cm³/mol. The van der Waals surface area contributed by atoms with E-state index in [1.807, 2.05) is 0 Å². The molecule has 0 spiro atoms. The van der Waals surface area contributed by atoms with Crippen LogP contribution in [0.3, 0.4) is 0 Å². The number of ether oxygens (including phenoxy) is 1. The maximum atomic E-state index is 11.8. The van der Waals surface area contributed by atoms with Crippen molar-refractivity contribution in [2.75, 3.05) is 6.61 Å². The van der Waals surface area contributed by atoms with Crippen LogP contribution in [0.2, 0.25) is 0 Å². The summed E-state index contributed by atoms with van der Waals surface area (Å²) in [5.41, 5.74) is 2.20. The number of pyridine rings is 1. The summed E-state index contributed by atoms with van der Waals surface area (Å²) in [6, 6.07) is 1.69. The predicted octanol–water partition coefficient (Wildman–Crippen LogP) is 2.02. The van der Waals surface area contributed by atoms with Crippen molar-refractivity contribution >= 4 is 17.3 Å². The van der Waals surface area contributed by atoms with E-state index >= 15 is 0 Å². The van der Waals surface area contributed by atoms with Crippen molar-refractivity contribution in [3.05, 3.63) is 35.4 Å². The van der Waals surface area contributed by atoms with Crippen LogP contribution < -0.4 is 0 Å². The number of carbonyl (C=O) groups is 2. The van der Waals surface area contributed by atoms with Gasteiger partial charge >= 0.3 is 5.97 Å². The first-order chi connectivity index (χ1) is 8.56. The first-order valence-corrected chi connectivity index (χ1v) is 5.70. The number of Topliss-reactive ketones (excluding diaryl/α,β-unsaturated/α-hetero) is 1. The Morgan fingerprint density at radius 1 is 1.44 bits per heavy atom. The highest BCUT2D eigenvalue weighted by Gasteiger charge is 2.18. The Morgan fingerprint density at radius 2 is 2.17 bits per heavy atom. The average molecular weight is 246 g/mol. The van der Waals surface area contributed by atoms with Gasteiger partial charge in [-0.1, -0.05) is 0 Å². The van der Waals surface area contributed by atoms with E-state index in [-0.39, 0.29) is 5.78 Å². The van der Waals surface area contributed by atoms with E-state index in [1.165, 1.54) is 6.92 Å². The molecule has 0 saturated carbocycles. The van der Waals surface area contributed by atoms with Gasteiger partial charge in [0.15, 0.2) is 5.78 Å². The number of ketones is 1. The molecule has 0 aliphatic rings. The van der Waals surface area contributed by atoms with E-state index in [1.54, 1.807) is 36.8 Å². The van der Waals surface area contributed by atoms with Gasteiger partial charge in [-0.25, -0.2) is 9.78 Å². The Balaban J connectivity index is 2.72. The van der Waals surface area contributed by atoms with Crippen molar-refractivity contribution in [1.82, 2.24) is 9.38 Å². The number of hydrogen-bond acceptors (Lipinski definition) is 4. The van der Waals surface area contributed by atoms with Crippen molar-refractivity contribution in [2.24, 2.45) is 0 Å². The minimum Gasteiger partial charge on any atom is -0.462 e.